The van der Waals surface area contributed by atoms with Crippen molar-refractivity contribution in [3.63, 3.8) is 0 Å². The quantitative estimate of drug-likeness (QED) is 0.598. The highest BCUT2D eigenvalue weighted by Gasteiger charge is 2.29. The highest BCUT2D eigenvalue weighted by atomic mass is 35.5. The molecule has 28 heavy (non-hydrogen) atoms. The summed E-state index contributed by atoms with van der Waals surface area (Å²) in [6.07, 6.45) is 1.73. The van der Waals surface area contributed by atoms with E-state index in [1.165, 1.54) is 24.3 Å². The van der Waals surface area contributed by atoms with E-state index in [-0.39, 0.29) is 33.2 Å². The van der Waals surface area contributed by atoms with Gasteiger partial charge in [-0.1, -0.05) is 17.7 Å². The highest BCUT2D eigenvalue weighted by Crippen LogP contribution is 2.31. The second kappa shape index (κ2) is 8.07. The Morgan fingerprint density at radius 3 is 2.50 bits per heavy atom. The van der Waals surface area contributed by atoms with Crippen LogP contribution in [0.25, 0.3) is 0 Å². The van der Waals surface area contributed by atoms with Crippen LogP contribution in [0.15, 0.2) is 47.4 Å². The first kappa shape index (κ1) is 20.0. The molecule has 3 N–H and O–H groups in total. The van der Waals surface area contributed by atoms with Gasteiger partial charge in [-0.25, -0.2) is 13.2 Å². The molecule has 0 aliphatic heterocycles. The number of amides is 1. The van der Waals surface area contributed by atoms with E-state index in [0.29, 0.717) is 5.69 Å². The number of anilines is 2. The first-order chi connectivity index (χ1) is 13.2. The number of carboxylic acid groups (broad SMARTS) is 1. The van der Waals surface area contributed by atoms with Crippen LogP contribution in [-0.2, 0) is 19.6 Å². The molecule has 0 spiro atoms. The molecule has 1 amide bonds. The van der Waals surface area contributed by atoms with Crippen LogP contribution in [0.2, 0.25) is 5.02 Å². The third kappa shape index (κ3) is 5.14. The number of carbonyl (C=O) groups excluding carboxylic acids is 1. The second-order valence-corrected chi connectivity index (χ2v) is 8.31. The summed E-state index contributed by atoms with van der Waals surface area (Å²) in [6.45, 7) is -0.594. The van der Waals surface area contributed by atoms with Crippen LogP contribution in [0.1, 0.15) is 12.8 Å². The molecule has 0 aromatic heterocycles. The molecule has 1 saturated carbocycles. The highest BCUT2D eigenvalue weighted by molar-refractivity contribution is 7.92. The number of halogens is 1. The van der Waals surface area contributed by atoms with Gasteiger partial charge in [0, 0.05) is 11.6 Å². The summed E-state index contributed by atoms with van der Waals surface area (Å²) >= 11 is 5.98. The van der Waals surface area contributed by atoms with E-state index in [4.69, 9.17) is 21.4 Å². The Hall–Kier alpha value is -2.78. The minimum atomic E-state index is -3.95. The zero-order valence-electron chi connectivity index (χ0n) is 14.5. The molecular weight excluding hydrogens is 408 g/mol. The number of carboxylic acids is 1. The molecule has 0 saturated heterocycles. The van der Waals surface area contributed by atoms with Gasteiger partial charge in [-0.15, -0.1) is 0 Å². The van der Waals surface area contributed by atoms with E-state index >= 15 is 0 Å². The van der Waals surface area contributed by atoms with Crippen molar-refractivity contribution in [2.75, 3.05) is 16.6 Å². The summed E-state index contributed by atoms with van der Waals surface area (Å²) in [6, 6.07) is 10.1. The fourth-order valence-electron chi connectivity index (χ4n) is 2.37. The third-order valence-electron chi connectivity index (χ3n) is 3.90. The van der Waals surface area contributed by atoms with E-state index in [9.17, 15) is 18.0 Å². The standard InChI is InChI=1S/C18H17ClN2O6S/c19-15-9-14(6-7-16(15)27-10-17(22)23)28(25,26)21-13-3-1-2-12(8-13)20-18(24)11-4-5-11/h1-3,6-9,11,21H,4-5,10H2,(H,20,24)(H,22,23). The van der Waals surface area contributed by atoms with Crippen molar-refractivity contribution in [1.82, 2.24) is 0 Å². The molecule has 0 bridgehead atoms. The fourth-order valence-corrected chi connectivity index (χ4v) is 3.74. The molecular formula is C18H17ClN2O6S. The molecule has 148 valence electrons. The molecule has 0 unspecified atom stereocenters. The number of benzene rings is 2. The van der Waals surface area contributed by atoms with Crippen molar-refractivity contribution >= 4 is 44.9 Å². The zero-order chi connectivity index (χ0) is 20.3. The maximum atomic E-state index is 12.6. The molecule has 1 aliphatic carbocycles. The van der Waals surface area contributed by atoms with Crippen molar-refractivity contribution in [2.24, 2.45) is 5.92 Å². The van der Waals surface area contributed by atoms with Crippen LogP contribution >= 0.6 is 11.6 Å². The number of aliphatic carboxylic acids is 1. The molecule has 1 aliphatic rings. The van der Waals surface area contributed by atoms with Gasteiger partial charge in [-0.05, 0) is 49.2 Å². The number of hydrogen-bond acceptors (Lipinski definition) is 5. The lowest BCUT2D eigenvalue weighted by Crippen LogP contribution is -2.15. The van der Waals surface area contributed by atoms with E-state index in [1.807, 2.05) is 0 Å². The number of hydrogen-bond donors (Lipinski definition) is 3. The summed E-state index contributed by atoms with van der Waals surface area (Å²) in [7, 11) is -3.95. The van der Waals surface area contributed by atoms with Gasteiger partial charge in [-0.2, -0.15) is 0 Å². The van der Waals surface area contributed by atoms with E-state index in [1.54, 1.807) is 18.2 Å². The van der Waals surface area contributed by atoms with Crippen LogP contribution in [0.3, 0.4) is 0 Å². The Balaban J connectivity index is 1.73. The van der Waals surface area contributed by atoms with Gasteiger partial charge in [0.1, 0.15) is 5.75 Å². The number of rotatable bonds is 8. The summed E-state index contributed by atoms with van der Waals surface area (Å²) in [5.41, 5.74) is 0.767. The average Bonchev–Trinajstić information content (AvgIpc) is 3.45. The third-order valence-corrected chi connectivity index (χ3v) is 5.57. The molecule has 8 nitrogen and oxygen atoms in total. The number of ether oxygens (including phenoxy) is 1. The van der Waals surface area contributed by atoms with Crippen molar-refractivity contribution in [1.29, 1.82) is 0 Å². The Bertz CT molecular complexity index is 1020. The summed E-state index contributed by atoms with van der Waals surface area (Å²) in [5, 5.41) is 11.3. The average molecular weight is 425 g/mol. The van der Waals surface area contributed by atoms with Crippen molar-refractivity contribution < 1.29 is 27.9 Å². The minimum absolute atomic E-state index is 0.0318. The maximum absolute atomic E-state index is 12.6. The van der Waals surface area contributed by atoms with E-state index in [2.05, 4.69) is 10.0 Å². The molecule has 0 heterocycles. The van der Waals surface area contributed by atoms with Gasteiger partial charge in [0.15, 0.2) is 6.61 Å². The van der Waals surface area contributed by atoms with Crippen molar-refractivity contribution in [2.45, 2.75) is 17.7 Å². The van der Waals surface area contributed by atoms with Crippen LogP contribution in [0.4, 0.5) is 11.4 Å². The monoisotopic (exact) mass is 424 g/mol. The lowest BCUT2D eigenvalue weighted by atomic mass is 10.2. The molecule has 1 fully saturated rings. The van der Waals surface area contributed by atoms with E-state index < -0.39 is 22.6 Å². The van der Waals surface area contributed by atoms with Crippen LogP contribution in [0, 0.1) is 5.92 Å². The van der Waals surface area contributed by atoms with Crippen molar-refractivity contribution in [3.05, 3.63) is 47.5 Å². The molecule has 3 rings (SSSR count). The number of nitrogens with one attached hydrogen (secondary N) is 2. The van der Waals surface area contributed by atoms with Crippen molar-refractivity contribution in [3.8, 4) is 5.75 Å². The lowest BCUT2D eigenvalue weighted by Gasteiger charge is -2.12. The Morgan fingerprint density at radius 1 is 1.14 bits per heavy atom. The smallest absolute Gasteiger partial charge is 0.341 e. The lowest BCUT2D eigenvalue weighted by molar-refractivity contribution is -0.139. The van der Waals surface area contributed by atoms with Crippen LogP contribution < -0.4 is 14.8 Å². The van der Waals surface area contributed by atoms with Gasteiger partial charge in [0.2, 0.25) is 5.91 Å². The van der Waals surface area contributed by atoms with Gasteiger partial charge in [-0.3, -0.25) is 9.52 Å². The Labute approximate surface area is 166 Å². The van der Waals surface area contributed by atoms with Crippen LogP contribution in [0.5, 0.6) is 5.75 Å². The van der Waals surface area contributed by atoms with E-state index in [0.717, 1.165) is 12.8 Å². The predicted octanol–water partition coefficient (Wildman–Crippen LogP) is 2.95. The minimum Gasteiger partial charge on any atom is -0.480 e. The number of sulfonamides is 1. The first-order valence-corrected chi connectivity index (χ1v) is 10.2. The maximum Gasteiger partial charge on any atom is 0.341 e. The largest absolute Gasteiger partial charge is 0.480 e. The van der Waals surface area contributed by atoms with Gasteiger partial charge in [0.05, 0.1) is 15.6 Å². The molecule has 0 radical (unpaired) electrons. The molecule has 0 atom stereocenters. The predicted molar refractivity (Wildman–Crippen MR) is 103 cm³/mol. The van der Waals surface area contributed by atoms with Gasteiger partial charge < -0.3 is 15.2 Å². The fraction of sp³-hybridized carbons (Fsp3) is 0.222. The zero-order valence-corrected chi connectivity index (χ0v) is 16.1. The normalized spacial score (nSPS) is 13.6. The number of carbonyl (C=O) groups is 2. The van der Waals surface area contributed by atoms with Crippen LogP contribution in [-0.4, -0.2) is 32.0 Å². The first-order valence-electron chi connectivity index (χ1n) is 8.32. The topological polar surface area (TPSA) is 122 Å². The molecule has 2 aromatic carbocycles. The molecule has 2 aromatic rings. The summed E-state index contributed by atoms with van der Waals surface area (Å²) in [5.74, 6) is -1.16. The summed E-state index contributed by atoms with van der Waals surface area (Å²) < 4.78 is 32.6. The summed E-state index contributed by atoms with van der Waals surface area (Å²) in [4.78, 5) is 22.3. The van der Waals surface area contributed by atoms with Gasteiger partial charge >= 0.3 is 5.97 Å². The van der Waals surface area contributed by atoms with Gasteiger partial charge in [0.25, 0.3) is 10.0 Å². The molecule has 10 heteroatoms. The Morgan fingerprint density at radius 2 is 1.86 bits per heavy atom. The SMILES string of the molecule is O=C(O)COc1ccc(S(=O)(=O)Nc2cccc(NC(=O)C3CC3)c2)cc1Cl. The second-order valence-electron chi connectivity index (χ2n) is 6.22. The Kier molecular flexibility index (Phi) is 5.76.